The zero-order valence-corrected chi connectivity index (χ0v) is 20.3. The molecule has 3 aromatic rings. The van der Waals surface area contributed by atoms with Gasteiger partial charge in [0, 0.05) is 45.2 Å². The van der Waals surface area contributed by atoms with Crippen molar-refractivity contribution in [2.24, 2.45) is 0 Å². The van der Waals surface area contributed by atoms with Crippen molar-refractivity contribution in [1.82, 2.24) is 19.9 Å². The van der Waals surface area contributed by atoms with Gasteiger partial charge in [0.2, 0.25) is 17.6 Å². The highest BCUT2D eigenvalue weighted by Crippen LogP contribution is 2.39. The largest absolute Gasteiger partial charge is 0.506 e. The minimum absolute atomic E-state index is 0.151. The van der Waals surface area contributed by atoms with E-state index in [1.807, 2.05) is 66.5 Å². The van der Waals surface area contributed by atoms with Crippen LogP contribution in [-0.2, 0) is 27.9 Å². The Labute approximate surface area is 209 Å². The van der Waals surface area contributed by atoms with Gasteiger partial charge in [-0.3, -0.25) is 9.69 Å². The van der Waals surface area contributed by atoms with Crippen LogP contribution >= 0.6 is 0 Å². The lowest BCUT2D eigenvalue weighted by molar-refractivity contribution is -0.139. The Kier molecular flexibility index (Phi) is 6.73. The maximum absolute atomic E-state index is 13.3. The first-order chi connectivity index (χ1) is 17.4. The van der Waals surface area contributed by atoms with Crippen molar-refractivity contribution in [3.8, 4) is 11.4 Å². The normalized spacial score (nSPS) is 20.8. The molecular formula is C27H30N4O5. The average Bonchev–Trinajstić information content (AvgIpc) is 3.34. The molecule has 3 heterocycles. The van der Waals surface area contributed by atoms with E-state index in [9.17, 15) is 9.59 Å². The molecule has 2 saturated heterocycles. The molecule has 36 heavy (non-hydrogen) atoms. The Morgan fingerprint density at radius 1 is 1.17 bits per heavy atom. The van der Waals surface area contributed by atoms with E-state index in [1.165, 1.54) is 0 Å². The molecule has 0 aliphatic carbocycles. The van der Waals surface area contributed by atoms with Crippen LogP contribution in [0.4, 0.5) is 4.79 Å². The summed E-state index contributed by atoms with van der Waals surface area (Å²) in [6, 6.07) is 18.0. The second kappa shape index (κ2) is 10.1. The minimum atomic E-state index is -1.23. The van der Waals surface area contributed by atoms with Crippen LogP contribution in [0.3, 0.4) is 0 Å². The molecule has 1 amide bonds. The predicted octanol–water partition coefficient (Wildman–Crippen LogP) is 3.74. The zero-order valence-electron chi connectivity index (χ0n) is 20.3. The summed E-state index contributed by atoms with van der Waals surface area (Å²) < 4.78 is 10.3. The van der Waals surface area contributed by atoms with Crippen LogP contribution in [0.15, 0.2) is 59.1 Å². The fourth-order valence-electron chi connectivity index (χ4n) is 5.27. The number of carbonyl (C=O) groups is 2. The molecule has 1 N–H and O–H groups in total. The van der Waals surface area contributed by atoms with Gasteiger partial charge in [-0.15, -0.1) is 0 Å². The summed E-state index contributed by atoms with van der Waals surface area (Å²) in [6.07, 6.45) is 1.44. The fraction of sp³-hybridized carbons (Fsp3) is 0.407. The lowest BCUT2D eigenvalue weighted by atomic mass is 9.70. The molecular weight excluding hydrogens is 460 g/mol. The van der Waals surface area contributed by atoms with E-state index in [1.54, 1.807) is 0 Å². The number of nitrogens with zero attached hydrogens (tertiary/aromatic N) is 4. The van der Waals surface area contributed by atoms with Gasteiger partial charge in [-0.25, -0.2) is 4.79 Å². The molecule has 2 aromatic carbocycles. The van der Waals surface area contributed by atoms with Gasteiger partial charge < -0.3 is 19.3 Å². The molecule has 9 nitrogen and oxygen atoms in total. The molecule has 2 aliphatic rings. The van der Waals surface area contributed by atoms with Crippen LogP contribution in [0.25, 0.3) is 11.4 Å². The molecule has 9 heteroatoms. The van der Waals surface area contributed by atoms with Crippen LogP contribution in [0.5, 0.6) is 0 Å². The zero-order chi connectivity index (χ0) is 25.1. The van der Waals surface area contributed by atoms with E-state index in [-0.39, 0.29) is 12.0 Å². The van der Waals surface area contributed by atoms with Crippen molar-refractivity contribution >= 4 is 12.1 Å². The first-order valence-electron chi connectivity index (χ1n) is 12.3. The van der Waals surface area contributed by atoms with Crippen LogP contribution in [-0.4, -0.2) is 69.9 Å². The number of likely N-dealkylation sites (tertiary alicyclic amines) is 2. The SMILES string of the molecule is CN1CCCC(CCc2nc(-c3ccc(CN4CC(OC(=O)O)C4)cc3)no2)(c2ccccc2)C1=O. The summed E-state index contributed by atoms with van der Waals surface area (Å²) in [5.41, 5.74) is 2.44. The van der Waals surface area contributed by atoms with Gasteiger partial charge in [0.15, 0.2) is 0 Å². The van der Waals surface area contributed by atoms with Crippen molar-refractivity contribution in [2.75, 3.05) is 26.7 Å². The Bertz CT molecular complexity index is 1210. The molecule has 1 atom stereocenters. The number of ether oxygens (including phenoxy) is 1. The third kappa shape index (κ3) is 4.97. The Hall–Kier alpha value is -3.72. The van der Waals surface area contributed by atoms with E-state index in [0.29, 0.717) is 37.6 Å². The van der Waals surface area contributed by atoms with E-state index in [0.717, 1.165) is 42.6 Å². The second-order valence-electron chi connectivity index (χ2n) is 9.69. The Morgan fingerprint density at radius 3 is 2.64 bits per heavy atom. The molecule has 5 rings (SSSR count). The number of carbonyl (C=O) groups excluding carboxylic acids is 1. The lowest BCUT2D eigenvalue weighted by Crippen LogP contribution is -2.52. The quantitative estimate of drug-likeness (QED) is 0.476. The number of carboxylic acid groups (broad SMARTS) is 1. The van der Waals surface area contributed by atoms with Gasteiger partial charge >= 0.3 is 6.16 Å². The lowest BCUT2D eigenvalue weighted by Gasteiger charge is -2.40. The molecule has 0 spiro atoms. The number of aromatic nitrogens is 2. The smallest absolute Gasteiger partial charge is 0.450 e. The van der Waals surface area contributed by atoms with Crippen LogP contribution in [0.2, 0.25) is 0 Å². The first kappa shape index (κ1) is 24.0. The summed E-state index contributed by atoms with van der Waals surface area (Å²) in [5.74, 6) is 1.20. The standard InChI is InChI=1S/C27H30N4O5/c1-30-15-5-13-27(25(30)32,21-6-3-2-4-7-21)14-12-23-28-24(29-36-23)20-10-8-19(9-11-20)16-31-17-22(18-31)35-26(33)34/h2-4,6-11,22H,5,12-18H2,1H3,(H,33,34). The Balaban J connectivity index is 1.22. The minimum Gasteiger partial charge on any atom is -0.450 e. The molecule has 1 aromatic heterocycles. The summed E-state index contributed by atoms with van der Waals surface area (Å²) in [5, 5.41) is 12.8. The molecule has 0 bridgehead atoms. The van der Waals surface area contributed by atoms with Gasteiger partial charge in [0.1, 0.15) is 6.10 Å². The highest BCUT2D eigenvalue weighted by atomic mass is 16.7. The monoisotopic (exact) mass is 490 g/mol. The molecule has 1 unspecified atom stereocenters. The molecule has 0 radical (unpaired) electrons. The number of rotatable bonds is 8. The number of piperidine rings is 1. The Morgan fingerprint density at radius 2 is 1.92 bits per heavy atom. The number of hydrogen-bond acceptors (Lipinski definition) is 7. The maximum Gasteiger partial charge on any atom is 0.506 e. The van der Waals surface area contributed by atoms with Crippen molar-refractivity contribution < 1.29 is 24.0 Å². The van der Waals surface area contributed by atoms with E-state index >= 15 is 0 Å². The summed E-state index contributed by atoms with van der Waals surface area (Å²) >= 11 is 0. The third-order valence-electron chi connectivity index (χ3n) is 7.22. The molecule has 2 aliphatic heterocycles. The number of amides is 1. The fourth-order valence-corrected chi connectivity index (χ4v) is 5.27. The number of hydrogen-bond donors (Lipinski definition) is 1. The summed E-state index contributed by atoms with van der Waals surface area (Å²) in [6.45, 7) is 2.71. The number of aryl methyl sites for hydroxylation is 1. The predicted molar refractivity (Wildman–Crippen MR) is 131 cm³/mol. The molecule has 0 saturated carbocycles. The number of likely N-dealkylation sites (N-methyl/N-ethyl adjacent to an activating group) is 1. The van der Waals surface area contributed by atoms with Crippen LogP contribution in [0.1, 0.15) is 36.3 Å². The maximum atomic E-state index is 13.3. The third-order valence-corrected chi connectivity index (χ3v) is 7.22. The highest BCUT2D eigenvalue weighted by Gasteiger charge is 2.44. The van der Waals surface area contributed by atoms with Gasteiger partial charge in [0.05, 0.1) is 5.41 Å². The van der Waals surface area contributed by atoms with Gasteiger partial charge in [-0.2, -0.15) is 4.98 Å². The summed E-state index contributed by atoms with van der Waals surface area (Å²) in [7, 11) is 1.87. The van der Waals surface area contributed by atoms with Gasteiger partial charge in [0.25, 0.3) is 0 Å². The topological polar surface area (TPSA) is 109 Å². The van der Waals surface area contributed by atoms with E-state index in [2.05, 4.69) is 15.0 Å². The molecule has 2 fully saturated rings. The first-order valence-corrected chi connectivity index (χ1v) is 12.3. The second-order valence-corrected chi connectivity index (χ2v) is 9.69. The van der Waals surface area contributed by atoms with E-state index in [4.69, 9.17) is 14.4 Å². The van der Waals surface area contributed by atoms with Crippen LogP contribution in [0, 0.1) is 0 Å². The van der Waals surface area contributed by atoms with Crippen molar-refractivity contribution in [3.05, 3.63) is 71.6 Å². The highest BCUT2D eigenvalue weighted by molar-refractivity contribution is 5.88. The van der Waals surface area contributed by atoms with Crippen molar-refractivity contribution in [3.63, 3.8) is 0 Å². The molecule has 188 valence electrons. The number of benzene rings is 2. The van der Waals surface area contributed by atoms with Gasteiger partial charge in [-0.1, -0.05) is 59.8 Å². The average molecular weight is 491 g/mol. The van der Waals surface area contributed by atoms with Gasteiger partial charge in [-0.05, 0) is 30.4 Å². The van der Waals surface area contributed by atoms with Crippen molar-refractivity contribution in [2.45, 2.75) is 43.7 Å². The summed E-state index contributed by atoms with van der Waals surface area (Å²) in [4.78, 5) is 32.5. The van der Waals surface area contributed by atoms with Crippen LogP contribution < -0.4 is 0 Å². The van der Waals surface area contributed by atoms with E-state index < -0.39 is 11.6 Å². The van der Waals surface area contributed by atoms with Crippen molar-refractivity contribution in [1.29, 1.82) is 0 Å².